The Morgan fingerprint density at radius 2 is 1.68 bits per heavy atom. The van der Waals surface area contributed by atoms with Gasteiger partial charge in [-0.15, -0.1) is 0 Å². The second-order valence-corrected chi connectivity index (χ2v) is 9.12. The van der Waals surface area contributed by atoms with E-state index in [0.29, 0.717) is 17.9 Å². The number of fused-ring (bicyclic) bond motifs is 1. The molecular formula is C29H26ClN3O. The van der Waals surface area contributed by atoms with Crippen molar-refractivity contribution in [3.8, 4) is 11.1 Å². The number of para-hydroxylation sites is 1. The molecule has 0 saturated heterocycles. The van der Waals surface area contributed by atoms with E-state index in [0.717, 1.165) is 50.1 Å². The monoisotopic (exact) mass is 467 g/mol. The smallest absolute Gasteiger partial charge is 0.242 e. The molecule has 0 unspecified atom stereocenters. The maximum atomic E-state index is 13.0. The lowest BCUT2D eigenvalue weighted by atomic mass is 9.88. The number of hydrazone groups is 1. The van der Waals surface area contributed by atoms with E-state index in [9.17, 15) is 4.79 Å². The second kappa shape index (κ2) is 9.03. The van der Waals surface area contributed by atoms with E-state index in [4.69, 9.17) is 21.7 Å². The number of carbonyl (C=O) groups excluding carboxylic acids is 1. The number of rotatable bonds is 4. The fourth-order valence-electron chi connectivity index (χ4n) is 4.86. The third-order valence-corrected chi connectivity index (χ3v) is 6.76. The highest BCUT2D eigenvalue weighted by atomic mass is 35.5. The second-order valence-electron chi connectivity index (χ2n) is 8.69. The van der Waals surface area contributed by atoms with Crippen LogP contribution in [0.3, 0.4) is 0 Å². The molecule has 0 saturated carbocycles. The number of carbonyl (C=O) groups is 1. The van der Waals surface area contributed by atoms with Gasteiger partial charge in [0.15, 0.2) is 0 Å². The van der Waals surface area contributed by atoms with Crippen molar-refractivity contribution in [1.29, 1.82) is 0 Å². The highest BCUT2D eigenvalue weighted by Crippen LogP contribution is 2.40. The number of aromatic nitrogens is 1. The van der Waals surface area contributed by atoms with E-state index in [1.807, 2.05) is 68.4 Å². The molecule has 1 atom stereocenters. The molecule has 3 aromatic carbocycles. The zero-order chi connectivity index (χ0) is 23.8. The van der Waals surface area contributed by atoms with E-state index in [-0.39, 0.29) is 11.9 Å². The fraction of sp³-hybridized carbons (Fsp3) is 0.207. The molecule has 4 nitrogen and oxygen atoms in total. The molecule has 1 amide bonds. The Labute approximate surface area is 204 Å². The summed E-state index contributed by atoms with van der Waals surface area (Å²) in [6, 6.07) is 24.2. The summed E-state index contributed by atoms with van der Waals surface area (Å²) in [4.78, 5) is 17.9. The molecule has 1 aliphatic rings. The molecule has 1 aromatic heterocycles. The van der Waals surface area contributed by atoms with Crippen molar-refractivity contribution >= 4 is 34.1 Å². The zero-order valence-corrected chi connectivity index (χ0v) is 20.3. The van der Waals surface area contributed by atoms with Crippen LogP contribution in [0.2, 0.25) is 5.02 Å². The summed E-state index contributed by atoms with van der Waals surface area (Å²) in [5.74, 6) is 0.0164. The molecule has 0 bridgehead atoms. The van der Waals surface area contributed by atoms with Crippen LogP contribution in [-0.2, 0) is 4.79 Å². The van der Waals surface area contributed by atoms with Gasteiger partial charge in [0.05, 0.1) is 17.3 Å². The van der Waals surface area contributed by atoms with Gasteiger partial charge in [0.1, 0.15) is 0 Å². The minimum Gasteiger partial charge on any atom is -0.273 e. The number of nitrogens with zero attached hydrogens (tertiary/aromatic N) is 3. The Morgan fingerprint density at radius 1 is 0.971 bits per heavy atom. The Kier molecular flexibility index (Phi) is 5.93. The van der Waals surface area contributed by atoms with Gasteiger partial charge in [0, 0.05) is 40.1 Å². The van der Waals surface area contributed by atoms with Gasteiger partial charge in [-0.3, -0.25) is 9.78 Å². The first-order valence-corrected chi connectivity index (χ1v) is 12.0. The predicted molar refractivity (Wildman–Crippen MR) is 139 cm³/mol. The van der Waals surface area contributed by atoms with Crippen LogP contribution in [0.5, 0.6) is 0 Å². The van der Waals surface area contributed by atoms with Gasteiger partial charge in [-0.05, 0) is 48.7 Å². The first kappa shape index (κ1) is 22.3. The zero-order valence-electron chi connectivity index (χ0n) is 19.5. The molecule has 5 heteroatoms. The summed E-state index contributed by atoms with van der Waals surface area (Å²) >= 11 is 6.21. The van der Waals surface area contributed by atoms with E-state index >= 15 is 0 Å². The number of benzene rings is 3. The average molecular weight is 468 g/mol. The van der Waals surface area contributed by atoms with Gasteiger partial charge in [-0.1, -0.05) is 73.1 Å². The van der Waals surface area contributed by atoms with Crippen molar-refractivity contribution < 1.29 is 4.79 Å². The van der Waals surface area contributed by atoms with Crippen LogP contribution in [0.25, 0.3) is 22.0 Å². The van der Waals surface area contributed by atoms with Crippen molar-refractivity contribution in [2.75, 3.05) is 0 Å². The molecule has 34 heavy (non-hydrogen) atoms. The summed E-state index contributed by atoms with van der Waals surface area (Å²) in [6.07, 6.45) is 1.04. The van der Waals surface area contributed by atoms with Crippen LogP contribution >= 0.6 is 11.6 Å². The minimum atomic E-state index is -0.132. The van der Waals surface area contributed by atoms with Crippen LogP contribution in [0, 0.1) is 13.8 Å². The minimum absolute atomic E-state index is 0.0164. The Morgan fingerprint density at radius 3 is 2.41 bits per heavy atom. The molecule has 0 radical (unpaired) electrons. The SMILES string of the molecule is CCC(=O)N1N=C(c2c(C)nc3ccccc3c2-c2ccc(Cl)cc2)C[C@@H]1c1ccccc1C. The van der Waals surface area contributed by atoms with Crippen molar-refractivity contribution in [2.24, 2.45) is 5.10 Å². The normalized spacial score (nSPS) is 15.6. The molecule has 4 aromatic rings. The van der Waals surface area contributed by atoms with E-state index in [1.54, 1.807) is 5.01 Å². The number of pyridine rings is 1. The van der Waals surface area contributed by atoms with Crippen molar-refractivity contribution in [2.45, 2.75) is 39.7 Å². The largest absolute Gasteiger partial charge is 0.273 e. The summed E-state index contributed by atoms with van der Waals surface area (Å²) in [6.45, 7) is 5.99. The predicted octanol–water partition coefficient (Wildman–Crippen LogP) is 7.26. The first-order chi connectivity index (χ1) is 16.5. The van der Waals surface area contributed by atoms with Crippen molar-refractivity contribution in [1.82, 2.24) is 9.99 Å². The Hall–Kier alpha value is -3.50. The van der Waals surface area contributed by atoms with E-state index in [1.165, 1.54) is 0 Å². The molecule has 0 N–H and O–H groups in total. The van der Waals surface area contributed by atoms with Crippen molar-refractivity contribution in [3.63, 3.8) is 0 Å². The number of hydrogen-bond acceptors (Lipinski definition) is 3. The lowest BCUT2D eigenvalue weighted by Crippen LogP contribution is -2.26. The number of amides is 1. The maximum Gasteiger partial charge on any atom is 0.242 e. The third-order valence-electron chi connectivity index (χ3n) is 6.51. The molecular weight excluding hydrogens is 442 g/mol. The van der Waals surface area contributed by atoms with Crippen LogP contribution in [0.1, 0.15) is 48.2 Å². The molecule has 5 rings (SSSR count). The van der Waals surface area contributed by atoms with Gasteiger partial charge in [-0.2, -0.15) is 5.10 Å². The average Bonchev–Trinajstić information content (AvgIpc) is 3.28. The quantitative estimate of drug-likeness (QED) is 0.317. The summed E-state index contributed by atoms with van der Waals surface area (Å²) in [5.41, 5.74) is 8.12. The molecule has 0 fully saturated rings. The summed E-state index contributed by atoms with van der Waals surface area (Å²) in [5, 5.41) is 8.36. The molecule has 170 valence electrons. The Bertz CT molecular complexity index is 1430. The van der Waals surface area contributed by atoms with Gasteiger partial charge in [-0.25, -0.2) is 5.01 Å². The van der Waals surface area contributed by atoms with Crippen LogP contribution in [-0.4, -0.2) is 21.6 Å². The number of halogens is 1. The molecule has 2 heterocycles. The van der Waals surface area contributed by atoms with Crippen LogP contribution in [0.15, 0.2) is 77.9 Å². The van der Waals surface area contributed by atoms with Crippen LogP contribution < -0.4 is 0 Å². The molecule has 0 aliphatic carbocycles. The van der Waals surface area contributed by atoms with Gasteiger partial charge < -0.3 is 0 Å². The maximum absolute atomic E-state index is 13.0. The van der Waals surface area contributed by atoms with E-state index in [2.05, 4.69) is 25.1 Å². The van der Waals surface area contributed by atoms with Gasteiger partial charge >= 0.3 is 0 Å². The van der Waals surface area contributed by atoms with Crippen LogP contribution in [0.4, 0.5) is 0 Å². The molecule has 0 spiro atoms. The van der Waals surface area contributed by atoms with E-state index < -0.39 is 0 Å². The standard InChI is InChI=1S/C29H26ClN3O/c1-4-27(34)33-26(22-10-6-5-9-18(22)2)17-25(32-33)28-19(3)31-24-12-8-7-11-23(24)29(28)20-13-15-21(30)16-14-20/h5-16,26H,4,17H2,1-3H3/t26-/m1/s1. The topological polar surface area (TPSA) is 45.6 Å². The lowest BCUT2D eigenvalue weighted by Gasteiger charge is -2.23. The van der Waals surface area contributed by atoms with Gasteiger partial charge in [0.2, 0.25) is 5.91 Å². The summed E-state index contributed by atoms with van der Waals surface area (Å²) in [7, 11) is 0. The highest BCUT2D eigenvalue weighted by Gasteiger charge is 2.35. The molecule has 1 aliphatic heterocycles. The fourth-order valence-corrected chi connectivity index (χ4v) is 4.99. The first-order valence-electron chi connectivity index (χ1n) is 11.6. The summed E-state index contributed by atoms with van der Waals surface area (Å²) < 4.78 is 0. The number of aryl methyl sites for hydroxylation is 2. The Balaban J connectivity index is 1.73. The van der Waals surface area contributed by atoms with Gasteiger partial charge in [0.25, 0.3) is 0 Å². The lowest BCUT2D eigenvalue weighted by molar-refractivity contribution is -0.132. The third kappa shape index (κ3) is 3.88. The highest BCUT2D eigenvalue weighted by molar-refractivity contribution is 6.30. The van der Waals surface area contributed by atoms with Crippen molar-refractivity contribution in [3.05, 3.63) is 100 Å². The number of hydrogen-bond donors (Lipinski definition) is 0.